The van der Waals surface area contributed by atoms with Gasteiger partial charge in [0.25, 0.3) is 0 Å². The number of aromatic nitrogens is 2. The Morgan fingerprint density at radius 2 is 1.84 bits per heavy atom. The first-order valence-corrected chi connectivity index (χ1v) is 12.9. The van der Waals surface area contributed by atoms with Gasteiger partial charge in [0.1, 0.15) is 27.8 Å². The molecule has 2 heterocycles. The van der Waals surface area contributed by atoms with E-state index < -0.39 is 11.8 Å². The first-order chi connectivity index (χ1) is 17.9. The van der Waals surface area contributed by atoms with E-state index in [0.717, 1.165) is 5.56 Å². The molecule has 0 spiro atoms. The fraction of sp³-hybridized carbons (Fsp3) is 0.185. The zero-order valence-corrected chi connectivity index (χ0v) is 22.8. The summed E-state index contributed by atoms with van der Waals surface area (Å²) in [5.41, 5.74) is 14.9. The Labute approximate surface area is 228 Å². The molecule has 0 fully saturated rings. The van der Waals surface area contributed by atoms with Gasteiger partial charge in [0.05, 0.1) is 16.8 Å². The molecule has 0 aliphatic rings. The summed E-state index contributed by atoms with van der Waals surface area (Å²) in [6.07, 6.45) is 2.95. The highest BCUT2D eigenvalue weighted by Gasteiger charge is 2.20. The van der Waals surface area contributed by atoms with Crippen molar-refractivity contribution in [2.24, 2.45) is 16.1 Å². The normalized spacial score (nSPS) is 12.6. The summed E-state index contributed by atoms with van der Waals surface area (Å²) >= 11 is 7.65. The molecule has 4 aromatic rings. The molecule has 2 aromatic heterocycles. The minimum atomic E-state index is -0.710. The van der Waals surface area contributed by atoms with E-state index in [1.54, 1.807) is 11.5 Å². The fourth-order valence-corrected chi connectivity index (χ4v) is 4.57. The Kier molecular flexibility index (Phi) is 7.66. The number of nitrogen functional groups attached to an aromatic ring is 1. The van der Waals surface area contributed by atoms with Crippen molar-refractivity contribution in [2.45, 2.75) is 27.7 Å². The Balaban J connectivity index is 1.61. The SMILES string of the molecule is Cc1ccc(N=C(C=C(N)C(C)(C)C)NC(=O)Nc2ccc(-c3csc4ncnc(N)c34)c(F)c2Cl)cc1. The maximum atomic E-state index is 15.4. The van der Waals surface area contributed by atoms with Crippen LogP contribution in [0.2, 0.25) is 5.02 Å². The second kappa shape index (κ2) is 10.8. The molecule has 0 aliphatic carbocycles. The highest BCUT2D eigenvalue weighted by atomic mass is 35.5. The topological polar surface area (TPSA) is 131 Å². The third-order valence-electron chi connectivity index (χ3n) is 5.70. The lowest BCUT2D eigenvalue weighted by Crippen LogP contribution is -2.34. The van der Waals surface area contributed by atoms with Gasteiger partial charge in [0.15, 0.2) is 5.82 Å². The number of thiophene rings is 1. The van der Waals surface area contributed by atoms with E-state index in [1.165, 1.54) is 29.8 Å². The number of nitrogens with two attached hydrogens (primary N) is 2. The summed E-state index contributed by atoms with van der Waals surface area (Å²) in [6.45, 7) is 7.81. The van der Waals surface area contributed by atoms with Crippen LogP contribution >= 0.6 is 22.9 Å². The predicted octanol–water partition coefficient (Wildman–Crippen LogP) is 6.78. The number of rotatable bonds is 4. The van der Waals surface area contributed by atoms with Crippen molar-refractivity contribution >= 4 is 62.2 Å². The highest BCUT2D eigenvalue weighted by molar-refractivity contribution is 7.17. The number of fused-ring (bicyclic) bond motifs is 1. The number of halogens is 2. The molecule has 11 heteroatoms. The van der Waals surface area contributed by atoms with Crippen LogP contribution in [-0.4, -0.2) is 21.8 Å². The van der Waals surface area contributed by atoms with Crippen LogP contribution in [0, 0.1) is 18.2 Å². The summed E-state index contributed by atoms with van der Waals surface area (Å²) in [5, 5.41) is 7.31. The number of aryl methyl sites for hydroxylation is 1. The van der Waals surface area contributed by atoms with E-state index in [2.05, 4.69) is 25.6 Å². The number of benzene rings is 2. The fourth-order valence-electron chi connectivity index (χ4n) is 3.44. The molecule has 4 rings (SSSR count). The van der Waals surface area contributed by atoms with E-state index >= 15 is 4.39 Å². The Morgan fingerprint density at radius 1 is 1.13 bits per heavy atom. The molecule has 2 amide bonds. The van der Waals surface area contributed by atoms with Crippen molar-refractivity contribution in [1.82, 2.24) is 15.3 Å². The van der Waals surface area contributed by atoms with Gasteiger partial charge in [-0.05, 0) is 31.2 Å². The van der Waals surface area contributed by atoms with Gasteiger partial charge in [-0.1, -0.05) is 50.1 Å². The van der Waals surface area contributed by atoms with Gasteiger partial charge in [0.2, 0.25) is 0 Å². The molecule has 196 valence electrons. The van der Waals surface area contributed by atoms with Crippen molar-refractivity contribution in [3.05, 3.63) is 76.3 Å². The number of hydrogen-bond acceptors (Lipinski definition) is 7. The zero-order valence-electron chi connectivity index (χ0n) is 21.3. The minimum Gasteiger partial charge on any atom is -0.401 e. The highest BCUT2D eigenvalue weighted by Crippen LogP contribution is 2.40. The second-order valence-corrected chi connectivity index (χ2v) is 10.9. The lowest BCUT2D eigenvalue weighted by Gasteiger charge is -2.19. The molecule has 0 bridgehead atoms. The number of carbonyl (C=O) groups is 1. The third-order valence-corrected chi connectivity index (χ3v) is 6.96. The molecule has 6 N–H and O–H groups in total. The largest absolute Gasteiger partial charge is 0.401 e. The molecule has 0 aliphatic heterocycles. The lowest BCUT2D eigenvalue weighted by molar-refractivity contribution is 0.256. The zero-order chi connectivity index (χ0) is 27.6. The van der Waals surface area contributed by atoms with Crippen molar-refractivity contribution in [1.29, 1.82) is 0 Å². The number of nitrogens with one attached hydrogen (secondary N) is 2. The first-order valence-electron chi connectivity index (χ1n) is 11.6. The summed E-state index contributed by atoms with van der Waals surface area (Å²) in [4.78, 5) is 26.2. The smallest absolute Gasteiger partial charge is 0.324 e. The van der Waals surface area contributed by atoms with Crippen molar-refractivity contribution in [3.8, 4) is 11.1 Å². The van der Waals surface area contributed by atoms with Crippen LogP contribution < -0.4 is 22.1 Å². The molecule has 2 aromatic carbocycles. The van der Waals surface area contributed by atoms with E-state index in [4.69, 9.17) is 23.1 Å². The summed E-state index contributed by atoms with van der Waals surface area (Å²) in [5.74, 6) is -0.253. The standard InChI is InChI=1S/C27H27ClFN7OS/c1-14-5-7-15(8-6-14)34-20(11-19(30)27(2,3)4)36-26(37)35-18-10-9-16(23(29)22(18)28)17-12-38-25-21(17)24(31)32-13-33-25/h5-13H,30H2,1-4H3,(H2,31,32,33)(H2,34,35,36,37). The Morgan fingerprint density at radius 3 is 2.53 bits per heavy atom. The van der Waals surface area contributed by atoms with E-state index in [9.17, 15) is 4.79 Å². The molecule has 0 unspecified atom stereocenters. The van der Waals surface area contributed by atoms with Gasteiger partial charge < -0.3 is 16.8 Å². The van der Waals surface area contributed by atoms with E-state index in [1.807, 2.05) is 52.0 Å². The van der Waals surface area contributed by atoms with Gasteiger partial charge >= 0.3 is 6.03 Å². The van der Waals surface area contributed by atoms with E-state index in [-0.39, 0.29) is 33.3 Å². The summed E-state index contributed by atoms with van der Waals surface area (Å²) < 4.78 is 15.4. The third kappa shape index (κ3) is 5.92. The number of carbonyl (C=O) groups excluding carboxylic acids is 1. The van der Waals surface area contributed by atoms with Crippen LogP contribution in [0.5, 0.6) is 0 Å². The van der Waals surface area contributed by atoms with Crippen LogP contribution in [0.15, 0.2) is 64.9 Å². The van der Waals surface area contributed by atoms with Gasteiger partial charge in [-0.15, -0.1) is 11.3 Å². The van der Waals surface area contributed by atoms with Gasteiger partial charge in [-0.2, -0.15) is 0 Å². The average molecular weight is 552 g/mol. The number of nitrogens with zero attached hydrogens (tertiary/aromatic N) is 3. The maximum absolute atomic E-state index is 15.4. The van der Waals surface area contributed by atoms with E-state index in [0.29, 0.717) is 27.2 Å². The molecular weight excluding hydrogens is 525 g/mol. The van der Waals surface area contributed by atoms with Crippen molar-refractivity contribution in [2.75, 3.05) is 11.1 Å². The minimum absolute atomic E-state index is 0.0802. The summed E-state index contributed by atoms with van der Waals surface area (Å²) in [7, 11) is 0. The van der Waals surface area contributed by atoms with Gasteiger partial charge in [-0.3, -0.25) is 5.32 Å². The monoisotopic (exact) mass is 551 g/mol. The van der Waals surface area contributed by atoms with Crippen LogP contribution in [-0.2, 0) is 0 Å². The number of urea groups is 1. The van der Waals surface area contributed by atoms with Crippen LogP contribution in [0.25, 0.3) is 21.3 Å². The number of amidine groups is 1. The van der Waals surface area contributed by atoms with Crippen LogP contribution in [0.1, 0.15) is 26.3 Å². The molecule has 0 radical (unpaired) electrons. The quantitative estimate of drug-likeness (QED) is 0.164. The second-order valence-electron chi connectivity index (χ2n) is 9.64. The van der Waals surface area contributed by atoms with Gasteiger partial charge in [0, 0.05) is 33.7 Å². The van der Waals surface area contributed by atoms with Crippen LogP contribution in [0.4, 0.5) is 26.4 Å². The van der Waals surface area contributed by atoms with Crippen molar-refractivity contribution in [3.63, 3.8) is 0 Å². The first kappa shape index (κ1) is 27.0. The maximum Gasteiger partial charge on any atom is 0.324 e. The van der Waals surface area contributed by atoms with Crippen LogP contribution in [0.3, 0.4) is 0 Å². The molecule has 0 saturated carbocycles. The number of hydrogen-bond donors (Lipinski definition) is 4. The lowest BCUT2D eigenvalue weighted by atomic mass is 9.92. The van der Waals surface area contributed by atoms with Crippen molar-refractivity contribution < 1.29 is 9.18 Å². The molecule has 38 heavy (non-hydrogen) atoms. The summed E-state index contributed by atoms with van der Waals surface area (Å²) in [6, 6.07) is 9.84. The Hall–Kier alpha value is -4.02. The number of aliphatic imine (C=N–C) groups is 1. The number of allylic oxidation sites excluding steroid dienone is 1. The molecular formula is C27H27ClFN7OS. The molecule has 8 nitrogen and oxygen atoms in total. The molecule has 0 atom stereocenters. The number of amides is 2. The predicted molar refractivity (Wildman–Crippen MR) is 154 cm³/mol. The Bertz CT molecular complexity index is 1570. The molecule has 0 saturated heterocycles. The number of anilines is 2. The van der Waals surface area contributed by atoms with Gasteiger partial charge in [-0.25, -0.2) is 24.1 Å². The average Bonchev–Trinajstić information content (AvgIpc) is 3.28.